The van der Waals surface area contributed by atoms with E-state index in [1.54, 1.807) is 18.2 Å². The number of benzene rings is 2. The average Bonchev–Trinajstić information content (AvgIpc) is 2.82. The van der Waals surface area contributed by atoms with Gasteiger partial charge in [0.25, 0.3) is 5.69 Å². The first-order valence-electron chi connectivity index (χ1n) is 5.69. The van der Waals surface area contributed by atoms with Crippen molar-refractivity contribution in [3.63, 3.8) is 0 Å². The second-order valence-electron chi connectivity index (χ2n) is 4.06. The Balaban J connectivity index is 1.92. The molecular formula is C13H8FN3O2S. The van der Waals surface area contributed by atoms with Crippen LogP contribution in [0.4, 0.5) is 10.1 Å². The molecule has 1 aromatic heterocycles. The summed E-state index contributed by atoms with van der Waals surface area (Å²) >= 11 is 1.33. The summed E-state index contributed by atoms with van der Waals surface area (Å²) < 4.78 is 12.8. The highest BCUT2D eigenvalue weighted by Gasteiger charge is 2.10. The van der Waals surface area contributed by atoms with E-state index in [0.717, 1.165) is 4.90 Å². The molecule has 7 heteroatoms. The molecule has 1 N–H and O–H groups in total. The molecule has 3 rings (SSSR count). The van der Waals surface area contributed by atoms with Gasteiger partial charge in [0.05, 0.1) is 16.0 Å². The SMILES string of the molecule is O=[N+]([O-])c1ccc2nc(Sc3ccc(F)cc3)[nH]c2c1. The van der Waals surface area contributed by atoms with Crippen molar-refractivity contribution in [3.05, 3.63) is 58.4 Å². The zero-order valence-electron chi connectivity index (χ0n) is 10.0. The van der Waals surface area contributed by atoms with Crippen LogP contribution in [0, 0.1) is 15.9 Å². The second kappa shape index (κ2) is 4.93. The summed E-state index contributed by atoms with van der Waals surface area (Å²) in [6.45, 7) is 0. The van der Waals surface area contributed by atoms with E-state index in [0.29, 0.717) is 16.2 Å². The summed E-state index contributed by atoms with van der Waals surface area (Å²) in [5, 5.41) is 11.3. The number of aromatic nitrogens is 2. The van der Waals surface area contributed by atoms with Gasteiger partial charge in [-0.05, 0) is 30.3 Å². The number of H-pyrrole nitrogens is 1. The molecule has 20 heavy (non-hydrogen) atoms. The maximum atomic E-state index is 12.8. The number of fused-ring (bicyclic) bond motifs is 1. The van der Waals surface area contributed by atoms with Crippen molar-refractivity contribution in [3.8, 4) is 0 Å². The first kappa shape index (κ1) is 12.6. The summed E-state index contributed by atoms with van der Waals surface area (Å²) in [5.74, 6) is -0.297. The van der Waals surface area contributed by atoms with Crippen LogP contribution in [-0.2, 0) is 0 Å². The number of aromatic amines is 1. The highest BCUT2D eigenvalue weighted by atomic mass is 32.2. The highest BCUT2D eigenvalue weighted by molar-refractivity contribution is 7.99. The third-order valence-electron chi connectivity index (χ3n) is 2.68. The minimum absolute atomic E-state index is 0.0134. The smallest absolute Gasteiger partial charge is 0.271 e. The Morgan fingerprint density at radius 3 is 2.65 bits per heavy atom. The number of nitrogens with one attached hydrogen (secondary N) is 1. The number of hydrogen-bond donors (Lipinski definition) is 1. The van der Waals surface area contributed by atoms with E-state index in [9.17, 15) is 14.5 Å². The predicted octanol–water partition coefficient (Wildman–Crippen LogP) is 3.76. The van der Waals surface area contributed by atoms with Crippen LogP contribution in [0.1, 0.15) is 0 Å². The molecule has 0 saturated carbocycles. The monoisotopic (exact) mass is 289 g/mol. The number of nitro benzene ring substituents is 1. The normalized spacial score (nSPS) is 10.8. The van der Waals surface area contributed by atoms with E-state index in [-0.39, 0.29) is 11.5 Å². The van der Waals surface area contributed by atoms with Crippen molar-refractivity contribution >= 4 is 28.5 Å². The van der Waals surface area contributed by atoms with Crippen LogP contribution in [0.25, 0.3) is 11.0 Å². The number of rotatable bonds is 3. The Kier molecular flexibility index (Phi) is 3.11. The topological polar surface area (TPSA) is 71.8 Å². The van der Waals surface area contributed by atoms with E-state index in [1.807, 2.05) is 0 Å². The molecule has 0 aliphatic carbocycles. The third-order valence-corrected chi connectivity index (χ3v) is 3.58. The van der Waals surface area contributed by atoms with Gasteiger partial charge in [-0.2, -0.15) is 0 Å². The van der Waals surface area contributed by atoms with E-state index < -0.39 is 4.92 Å². The fourth-order valence-electron chi connectivity index (χ4n) is 1.75. The number of hydrogen-bond acceptors (Lipinski definition) is 4. The molecule has 2 aromatic carbocycles. The van der Waals surface area contributed by atoms with Gasteiger partial charge in [0, 0.05) is 17.0 Å². The average molecular weight is 289 g/mol. The molecule has 0 amide bonds. The molecule has 0 spiro atoms. The number of non-ortho nitro benzene ring substituents is 1. The third kappa shape index (κ3) is 2.48. The zero-order valence-corrected chi connectivity index (χ0v) is 10.9. The molecule has 0 atom stereocenters. The fourth-order valence-corrected chi connectivity index (χ4v) is 2.55. The van der Waals surface area contributed by atoms with Gasteiger partial charge in [-0.25, -0.2) is 9.37 Å². The van der Waals surface area contributed by atoms with E-state index in [2.05, 4.69) is 9.97 Å². The summed E-state index contributed by atoms with van der Waals surface area (Å²) in [7, 11) is 0. The summed E-state index contributed by atoms with van der Waals surface area (Å²) in [4.78, 5) is 18.4. The van der Waals surface area contributed by atoms with Crippen LogP contribution in [-0.4, -0.2) is 14.9 Å². The van der Waals surface area contributed by atoms with Crippen LogP contribution in [0.2, 0.25) is 0 Å². The number of imidazole rings is 1. The molecule has 0 fully saturated rings. The van der Waals surface area contributed by atoms with Crippen molar-refractivity contribution in [2.24, 2.45) is 0 Å². The minimum Gasteiger partial charge on any atom is -0.332 e. The van der Waals surface area contributed by atoms with Gasteiger partial charge in [0.2, 0.25) is 0 Å². The van der Waals surface area contributed by atoms with Crippen molar-refractivity contribution in [2.75, 3.05) is 0 Å². The molecule has 5 nitrogen and oxygen atoms in total. The molecular weight excluding hydrogens is 281 g/mol. The van der Waals surface area contributed by atoms with Gasteiger partial charge in [0.15, 0.2) is 5.16 Å². The zero-order chi connectivity index (χ0) is 14.1. The summed E-state index contributed by atoms with van der Waals surface area (Å²) in [6.07, 6.45) is 0. The molecule has 0 aliphatic heterocycles. The van der Waals surface area contributed by atoms with Crippen LogP contribution >= 0.6 is 11.8 Å². The van der Waals surface area contributed by atoms with Crippen LogP contribution < -0.4 is 0 Å². The standard InChI is InChI=1S/C13H8FN3O2S/c14-8-1-4-10(5-2-8)20-13-15-11-6-3-9(17(18)19)7-12(11)16-13/h1-7H,(H,15,16). The molecule has 0 aliphatic rings. The quantitative estimate of drug-likeness (QED) is 0.588. The lowest BCUT2D eigenvalue weighted by Crippen LogP contribution is -1.86. The Bertz CT molecular complexity index is 786. The summed E-state index contributed by atoms with van der Waals surface area (Å²) in [5.41, 5.74) is 1.27. The van der Waals surface area contributed by atoms with E-state index in [1.165, 1.54) is 36.0 Å². The molecule has 100 valence electrons. The molecule has 0 saturated heterocycles. The molecule has 0 unspecified atom stereocenters. The largest absolute Gasteiger partial charge is 0.332 e. The predicted molar refractivity (Wildman–Crippen MR) is 73.3 cm³/mol. The van der Waals surface area contributed by atoms with Gasteiger partial charge in [-0.3, -0.25) is 10.1 Å². The Morgan fingerprint density at radius 2 is 1.95 bits per heavy atom. The lowest BCUT2D eigenvalue weighted by molar-refractivity contribution is -0.384. The number of nitro groups is 1. The first-order valence-corrected chi connectivity index (χ1v) is 6.51. The summed E-state index contributed by atoms with van der Waals surface area (Å²) in [6, 6.07) is 10.5. The first-order chi connectivity index (χ1) is 9.61. The van der Waals surface area contributed by atoms with Gasteiger partial charge < -0.3 is 4.98 Å². The van der Waals surface area contributed by atoms with Crippen LogP contribution in [0.3, 0.4) is 0 Å². The van der Waals surface area contributed by atoms with Crippen molar-refractivity contribution < 1.29 is 9.31 Å². The van der Waals surface area contributed by atoms with Gasteiger partial charge in [-0.1, -0.05) is 11.8 Å². The van der Waals surface area contributed by atoms with Gasteiger partial charge >= 0.3 is 0 Å². The van der Waals surface area contributed by atoms with Crippen molar-refractivity contribution in [1.82, 2.24) is 9.97 Å². The highest BCUT2D eigenvalue weighted by Crippen LogP contribution is 2.28. The van der Waals surface area contributed by atoms with Gasteiger partial charge in [0.1, 0.15) is 5.82 Å². The second-order valence-corrected chi connectivity index (χ2v) is 5.12. The maximum absolute atomic E-state index is 12.8. The van der Waals surface area contributed by atoms with Gasteiger partial charge in [-0.15, -0.1) is 0 Å². The Morgan fingerprint density at radius 1 is 1.20 bits per heavy atom. The van der Waals surface area contributed by atoms with Crippen LogP contribution in [0.5, 0.6) is 0 Å². The van der Waals surface area contributed by atoms with Crippen molar-refractivity contribution in [1.29, 1.82) is 0 Å². The maximum Gasteiger partial charge on any atom is 0.271 e. The number of nitrogens with zero attached hydrogens (tertiary/aromatic N) is 2. The fraction of sp³-hybridized carbons (Fsp3) is 0. The van der Waals surface area contributed by atoms with E-state index in [4.69, 9.17) is 0 Å². The molecule has 0 radical (unpaired) electrons. The Hall–Kier alpha value is -2.41. The van der Waals surface area contributed by atoms with E-state index >= 15 is 0 Å². The molecule has 0 bridgehead atoms. The lowest BCUT2D eigenvalue weighted by Gasteiger charge is -1.96. The lowest BCUT2D eigenvalue weighted by atomic mass is 10.3. The minimum atomic E-state index is -0.451. The van der Waals surface area contributed by atoms with Crippen molar-refractivity contribution in [2.45, 2.75) is 10.1 Å². The molecule has 3 aromatic rings. The number of halogens is 1. The molecule has 1 heterocycles. The Labute approximate surface area is 117 Å². The van der Waals surface area contributed by atoms with Crippen LogP contribution in [0.15, 0.2) is 52.5 Å².